The number of aryl methyl sites for hydroxylation is 4. The fourth-order valence-corrected chi connectivity index (χ4v) is 5.17. The molecule has 1 amide bonds. The number of carbonyl (C=O) groups excluding carboxylic acids is 1. The number of ether oxygens (including phenoxy) is 1. The van der Waals surface area contributed by atoms with Crippen LogP contribution < -0.4 is 10.1 Å². The number of nitrogens with zero attached hydrogens (tertiary/aromatic N) is 8. The maximum Gasteiger partial charge on any atom is 0.231 e. The number of hydrogen-bond donors (Lipinski definition) is 1. The Morgan fingerprint density at radius 3 is 2.77 bits per heavy atom. The molecule has 0 unspecified atom stereocenters. The van der Waals surface area contributed by atoms with Crippen molar-refractivity contribution in [3.8, 4) is 17.3 Å². The van der Waals surface area contributed by atoms with Gasteiger partial charge in [0.05, 0.1) is 37.0 Å². The number of carbonyl (C=O) groups is 1. The van der Waals surface area contributed by atoms with E-state index in [4.69, 9.17) is 9.72 Å². The molecule has 0 aliphatic carbocycles. The van der Waals surface area contributed by atoms with Crippen LogP contribution in [0.4, 0.5) is 5.82 Å². The van der Waals surface area contributed by atoms with Gasteiger partial charge in [-0.15, -0.1) is 10.2 Å². The number of pyridine rings is 1. The van der Waals surface area contributed by atoms with Crippen molar-refractivity contribution in [3.63, 3.8) is 0 Å². The van der Waals surface area contributed by atoms with Gasteiger partial charge in [0.15, 0.2) is 0 Å². The lowest BCUT2D eigenvalue weighted by Gasteiger charge is -2.46. The van der Waals surface area contributed by atoms with E-state index in [9.17, 15) is 4.79 Å². The summed E-state index contributed by atoms with van der Waals surface area (Å²) in [4.78, 5) is 30.5. The van der Waals surface area contributed by atoms with Gasteiger partial charge in [0.1, 0.15) is 11.6 Å². The highest BCUT2D eigenvalue weighted by Gasteiger charge is 2.41. The number of aromatic nitrogens is 7. The Balaban J connectivity index is 1.35. The smallest absolute Gasteiger partial charge is 0.231 e. The fourth-order valence-electron chi connectivity index (χ4n) is 5.17. The molecular weight excluding hydrogens is 446 g/mol. The van der Waals surface area contributed by atoms with Gasteiger partial charge in [0, 0.05) is 24.7 Å². The number of likely N-dealkylation sites (tertiary alicyclic amines) is 1. The lowest BCUT2D eigenvalue weighted by Crippen LogP contribution is -2.56. The first-order chi connectivity index (χ1) is 16.8. The van der Waals surface area contributed by atoms with Gasteiger partial charge in [0.2, 0.25) is 17.6 Å². The average molecular weight is 478 g/mol. The minimum absolute atomic E-state index is 0.0741. The van der Waals surface area contributed by atoms with Gasteiger partial charge in [0.25, 0.3) is 0 Å². The Morgan fingerprint density at radius 1 is 1.20 bits per heavy atom. The first-order valence-electron chi connectivity index (χ1n) is 12.0. The molecular formula is C24H31N9O2. The average Bonchev–Trinajstić information content (AvgIpc) is 3.28. The number of fused-ring (bicyclic) bond motifs is 1. The van der Waals surface area contributed by atoms with Gasteiger partial charge in [-0.05, 0) is 63.3 Å². The Hall–Kier alpha value is -3.63. The van der Waals surface area contributed by atoms with Gasteiger partial charge in [-0.25, -0.2) is 9.97 Å². The molecule has 2 aliphatic heterocycles. The van der Waals surface area contributed by atoms with Crippen LogP contribution in [0.25, 0.3) is 11.4 Å². The molecule has 184 valence electrons. The highest BCUT2D eigenvalue weighted by molar-refractivity contribution is 5.83. The monoisotopic (exact) mass is 477 g/mol. The van der Waals surface area contributed by atoms with Gasteiger partial charge >= 0.3 is 0 Å². The topological polar surface area (TPSA) is 124 Å². The number of piperidine rings is 1. The number of tetrazole rings is 1. The largest absolute Gasteiger partial charge is 0.481 e. The second-order valence-corrected chi connectivity index (χ2v) is 9.60. The number of rotatable bonds is 4. The molecule has 1 spiro atoms. The quantitative estimate of drug-likeness (QED) is 0.602. The third kappa shape index (κ3) is 4.42. The van der Waals surface area contributed by atoms with Crippen LogP contribution in [0.15, 0.2) is 12.1 Å². The van der Waals surface area contributed by atoms with Crippen LogP contribution in [0.5, 0.6) is 5.88 Å². The van der Waals surface area contributed by atoms with Crippen molar-refractivity contribution in [2.75, 3.05) is 25.5 Å². The standard InChI is InChI=1S/C24H31N9O2/c1-14(19-12-20(35-5)27-16(3)26-19)23(34)33-10-6-8-24(13-33)9-7-17-11-18(15(2)25-21(17)28-24)22-29-31-32(4)30-22/h11-12,14H,6-10,13H2,1-5H3,(H,25,28)/t14-,24-/m0/s1. The highest BCUT2D eigenvalue weighted by Crippen LogP contribution is 2.38. The summed E-state index contributed by atoms with van der Waals surface area (Å²) in [7, 11) is 3.32. The van der Waals surface area contributed by atoms with Crippen molar-refractivity contribution < 1.29 is 9.53 Å². The summed E-state index contributed by atoms with van der Waals surface area (Å²) in [5.41, 5.74) is 3.39. The van der Waals surface area contributed by atoms with Crippen LogP contribution in [0.1, 0.15) is 54.9 Å². The van der Waals surface area contributed by atoms with Crippen LogP contribution >= 0.6 is 0 Å². The zero-order valence-corrected chi connectivity index (χ0v) is 20.9. The molecule has 11 heteroatoms. The summed E-state index contributed by atoms with van der Waals surface area (Å²) in [5, 5.41) is 16.1. The van der Waals surface area contributed by atoms with Crippen LogP contribution in [0, 0.1) is 13.8 Å². The Bertz CT molecular complexity index is 1270. The Morgan fingerprint density at radius 2 is 2.03 bits per heavy atom. The zero-order chi connectivity index (χ0) is 24.7. The number of anilines is 1. The number of amides is 1. The molecule has 3 aromatic rings. The summed E-state index contributed by atoms with van der Waals surface area (Å²) in [6, 6.07) is 3.87. The minimum atomic E-state index is -0.376. The minimum Gasteiger partial charge on any atom is -0.481 e. The van der Waals surface area contributed by atoms with E-state index in [1.165, 1.54) is 4.80 Å². The number of nitrogens with one attached hydrogen (secondary N) is 1. The van der Waals surface area contributed by atoms with E-state index < -0.39 is 0 Å². The predicted molar refractivity (Wildman–Crippen MR) is 129 cm³/mol. The molecule has 1 fully saturated rings. The second-order valence-electron chi connectivity index (χ2n) is 9.60. The van der Waals surface area contributed by atoms with E-state index in [0.29, 0.717) is 29.8 Å². The van der Waals surface area contributed by atoms with Crippen LogP contribution in [-0.4, -0.2) is 71.7 Å². The van der Waals surface area contributed by atoms with E-state index in [-0.39, 0.29) is 17.4 Å². The molecule has 2 atom stereocenters. The van der Waals surface area contributed by atoms with Gasteiger partial charge < -0.3 is 15.0 Å². The van der Waals surface area contributed by atoms with E-state index in [1.807, 2.05) is 25.7 Å². The van der Waals surface area contributed by atoms with Gasteiger partial charge in [-0.1, -0.05) is 0 Å². The second kappa shape index (κ2) is 8.86. The molecule has 0 bridgehead atoms. The molecule has 11 nitrogen and oxygen atoms in total. The van der Waals surface area contributed by atoms with E-state index in [1.54, 1.807) is 20.2 Å². The maximum atomic E-state index is 13.5. The molecule has 1 saturated heterocycles. The maximum absolute atomic E-state index is 13.5. The van der Waals surface area contributed by atoms with Crippen molar-refractivity contribution in [3.05, 3.63) is 34.9 Å². The van der Waals surface area contributed by atoms with Gasteiger partial charge in [-0.2, -0.15) is 9.78 Å². The number of hydrogen-bond acceptors (Lipinski definition) is 9. The molecule has 5 rings (SSSR count). The van der Waals surface area contributed by atoms with Crippen molar-refractivity contribution >= 4 is 11.7 Å². The molecule has 0 radical (unpaired) electrons. The van der Waals surface area contributed by atoms with Crippen LogP contribution in [0.2, 0.25) is 0 Å². The number of methoxy groups -OCH3 is 1. The van der Waals surface area contributed by atoms with Crippen molar-refractivity contribution in [1.82, 2.24) is 40.1 Å². The molecule has 2 aliphatic rings. The molecule has 0 saturated carbocycles. The van der Waals surface area contributed by atoms with E-state index >= 15 is 0 Å². The lowest BCUT2D eigenvalue weighted by molar-refractivity contribution is -0.134. The SMILES string of the molecule is COc1cc([C@H](C)C(=O)N2CCC[C@]3(CCc4cc(-c5nnn(C)n5)c(C)nc4N3)C2)nc(C)n1. The van der Waals surface area contributed by atoms with Crippen LogP contribution in [0.3, 0.4) is 0 Å². The fraction of sp³-hybridized carbons (Fsp3) is 0.542. The third-order valence-corrected chi connectivity index (χ3v) is 7.04. The van der Waals surface area contributed by atoms with Crippen molar-refractivity contribution in [1.29, 1.82) is 0 Å². The van der Waals surface area contributed by atoms with Crippen molar-refractivity contribution in [2.45, 2.75) is 57.9 Å². The van der Waals surface area contributed by atoms with Gasteiger partial charge in [-0.3, -0.25) is 4.79 Å². The van der Waals surface area contributed by atoms with Crippen molar-refractivity contribution in [2.24, 2.45) is 7.05 Å². The zero-order valence-electron chi connectivity index (χ0n) is 20.9. The lowest BCUT2D eigenvalue weighted by atomic mass is 9.80. The molecule has 0 aromatic carbocycles. The van der Waals surface area contributed by atoms with Crippen LogP contribution in [-0.2, 0) is 18.3 Å². The summed E-state index contributed by atoms with van der Waals surface area (Å²) < 4.78 is 5.28. The normalized spacial score (nSPS) is 20.3. The molecule has 3 aromatic heterocycles. The summed E-state index contributed by atoms with van der Waals surface area (Å²) in [6.07, 6.45) is 3.74. The predicted octanol–water partition coefficient (Wildman–Crippen LogP) is 2.21. The summed E-state index contributed by atoms with van der Waals surface area (Å²) >= 11 is 0. The third-order valence-electron chi connectivity index (χ3n) is 7.04. The molecule has 1 N–H and O–H groups in total. The first kappa shape index (κ1) is 23.1. The summed E-state index contributed by atoms with van der Waals surface area (Å²) in [5.74, 6) is 2.24. The Kier molecular flexibility index (Phi) is 5.86. The van der Waals surface area contributed by atoms with E-state index in [0.717, 1.165) is 54.9 Å². The molecule has 35 heavy (non-hydrogen) atoms. The first-order valence-corrected chi connectivity index (χ1v) is 12.0. The Labute approximate surface area is 204 Å². The summed E-state index contributed by atoms with van der Waals surface area (Å²) in [6.45, 7) is 7.06. The highest BCUT2D eigenvalue weighted by atomic mass is 16.5. The molecule has 5 heterocycles. The van der Waals surface area contributed by atoms with E-state index in [2.05, 4.69) is 36.8 Å².